The number of fused-ring (bicyclic) bond motifs is 1. The Morgan fingerprint density at radius 2 is 1.70 bits per heavy atom. The predicted octanol–water partition coefficient (Wildman–Crippen LogP) is 3.76. The molecule has 0 bridgehead atoms. The van der Waals surface area contributed by atoms with Crippen LogP contribution in [0.4, 0.5) is 0 Å². The van der Waals surface area contributed by atoms with Gasteiger partial charge in [-0.2, -0.15) is 0 Å². The lowest BCUT2D eigenvalue weighted by molar-refractivity contribution is -0.120. The highest BCUT2D eigenvalue weighted by atomic mass is 35.5. The molecule has 0 saturated carbocycles. The highest BCUT2D eigenvalue weighted by Gasteiger charge is 2.18. The molecule has 4 rings (SSSR count). The molecule has 6 nitrogen and oxygen atoms in total. The van der Waals surface area contributed by atoms with Crippen molar-refractivity contribution in [2.75, 3.05) is 52.5 Å². The fourth-order valence-electron chi connectivity index (χ4n) is 4.33. The number of hydrogen-bond donors (Lipinski definition) is 1. The average molecular weight is 472 g/mol. The van der Waals surface area contributed by atoms with Crippen LogP contribution in [0.15, 0.2) is 42.5 Å². The third-order valence-corrected chi connectivity index (χ3v) is 6.44. The van der Waals surface area contributed by atoms with Crippen LogP contribution in [0.3, 0.4) is 0 Å². The summed E-state index contributed by atoms with van der Waals surface area (Å²) in [7, 11) is 0. The second-order valence-electron chi connectivity index (χ2n) is 8.79. The third kappa shape index (κ3) is 7.36. The van der Waals surface area contributed by atoms with E-state index in [9.17, 15) is 4.79 Å². The Morgan fingerprint density at radius 3 is 2.52 bits per heavy atom. The molecule has 2 aliphatic rings. The number of carbonyl (C=O) groups is 1. The van der Waals surface area contributed by atoms with E-state index in [4.69, 9.17) is 21.1 Å². The van der Waals surface area contributed by atoms with Gasteiger partial charge in [0.25, 0.3) is 0 Å². The Bertz CT molecular complexity index is 901. The maximum absolute atomic E-state index is 12.4. The van der Waals surface area contributed by atoms with Gasteiger partial charge in [0.1, 0.15) is 0 Å². The predicted molar refractivity (Wildman–Crippen MR) is 131 cm³/mol. The average Bonchev–Trinajstić information content (AvgIpc) is 3.07. The van der Waals surface area contributed by atoms with Crippen LogP contribution in [0, 0.1) is 0 Å². The smallest absolute Gasteiger partial charge is 0.224 e. The number of carbonyl (C=O) groups excluding carboxylic acids is 1. The van der Waals surface area contributed by atoms with Gasteiger partial charge in [-0.25, -0.2) is 0 Å². The lowest BCUT2D eigenvalue weighted by Crippen LogP contribution is -2.46. The first kappa shape index (κ1) is 23.9. The summed E-state index contributed by atoms with van der Waals surface area (Å²) in [4.78, 5) is 17.4. The number of ether oxygens (including phenoxy) is 2. The molecule has 0 atom stereocenters. The van der Waals surface area contributed by atoms with E-state index < -0.39 is 0 Å². The van der Waals surface area contributed by atoms with Gasteiger partial charge >= 0.3 is 0 Å². The van der Waals surface area contributed by atoms with Gasteiger partial charge in [0.2, 0.25) is 5.91 Å². The number of piperazine rings is 1. The summed E-state index contributed by atoms with van der Waals surface area (Å²) >= 11 is 6.33. The van der Waals surface area contributed by atoms with Crippen LogP contribution in [0.2, 0.25) is 5.02 Å². The maximum Gasteiger partial charge on any atom is 0.224 e. The molecule has 7 heteroatoms. The molecule has 33 heavy (non-hydrogen) atoms. The Kier molecular flexibility index (Phi) is 8.86. The molecular formula is C26H34ClN3O3. The third-order valence-electron chi connectivity index (χ3n) is 6.16. The van der Waals surface area contributed by atoms with Crippen LogP contribution in [-0.4, -0.2) is 68.2 Å². The van der Waals surface area contributed by atoms with Crippen molar-refractivity contribution in [3.63, 3.8) is 0 Å². The van der Waals surface area contributed by atoms with Gasteiger partial charge in [-0.05, 0) is 42.6 Å². The zero-order valence-corrected chi connectivity index (χ0v) is 20.0. The lowest BCUT2D eigenvalue weighted by Gasteiger charge is -2.34. The number of amides is 1. The van der Waals surface area contributed by atoms with Gasteiger partial charge in [-0.15, -0.1) is 0 Å². The van der Waals surface area contributed by atoms with Crippen molar-refractivity contribution in [2.24, 2.45) is 0 Å². The Labute approximate surface area is 201 Å². The zero-order valence-electron chi connectivity index (χ0n) is 19.2. The molecule has 1 amide bonds. The molecule has 2 aromatic carbocycles. The Hall–Kier alpha value is -2.28. The molecule has 0 spiro atoms. The molecule has 0 aliphatic carbocycles. The summed E-state index contributed by atoms with van der Waals surface area (Å²) in [6.45, 7) is 8.48. The molecule has 1 saturated heterocycles. The fraction of sp³-hybridized carbons (Fsp3) is 0.500. The normalized spacial score (nSPS) is 16.9. The SMILES string of the molecule is O=C(Cc1cc(Cl)c2c(c1)OCCCO2)NCCCCN1CCN(Cc2ccccc2)CC1. The number of nitrogens with one attached hydrogen (secondary N) is 1. The molecule has 0 radical (unpaired) electrons. The van der Waals surface area contributed by atoms with E-state index in [-0.39, 0.29) is 5.91 Å². The van der Waals surface area contributed by atoms with Crippen LogP contribution in [0.5, 0.6) is 11.5 Å². The first-order valence-corrected chi connectivity index (χ1v) is 12.4. The van der Waals surface area contributed by atoms with E-state index in [0.29, 0.717) is 42.7 Å². The van der Waals surface area contributed by atoms with Crippen LogP contribution in [0.25, 0.3) is 0 Å². The monoisotopic (exact) mass is 471 g/mol. The van der Waals surface area contributed by atoms with E-state index in [1.807, 2.05) is 6.07 Å². The van der Waals surface area contributed by atoms with Crippen molar-refractivity contribution in [2.45, 2.75) is 32.2 Å². The summed E-state index contributed by atoms with van der Waals surface area (Å²) in [5.41, 5.74) is 2.23. The molecule has 178 valence electrons. The highest BCUT2D eigenvalue weighted by Crippen LogP contribution is 2.38. The lowest BCUT2D eigenvalue weighted by atomic mass is 10.1. The molecule has 2 heterocycles. The van der Waals surface area contributed by atoms with Crippen molar-refractivity contribution in [1.29, 1.82) is 0 Å². The fourth-order valence-corrected chi connectivity index (χ4v) is 4.62. The number of halogens is 1. The van der Waals surface area contributed by atoms with Crippen LogP contribution in [-0.2, 0) is 17.8 Å². The van der Waals surface area contributed by atoms with Gasteiger partial charge in [0.15, 0.2) is 11.5 Å². The zero-order chi connectivity index (χ0) is 22.9. The van der Waals surface area contributed by atoms with Gasteiger partial charge in [-0.1, -0.05) is 41.9 Å². The maximum atomic E-state index is 12.4. The van der Waals surface area contributed by atoms with Gasteiger partial charge in [0.05, 0.1) is 24.7 Å². The topological polar surface area (TPSA) is 54.0 Å². The summed E-state index contributed by atoms with van der Waals surface area (Å²) in [6, 6.07) is 14.3. The Morgan fingerprint density at radius 1 is 0.939 bits per heavy atom. The minimum atomic E-state index is 0.00934. The minimum absolute atomic E-state index is 0.00934. The number of nitrogens with zero attached hydrogens (tertiary/aromatic N) is 2. The molecule has 0 aromatic heterocycles. The highest BCUT2D eigenvalue weighted by molar-refractivity contribution is 6.32. The standard InChI is InChI=1S/C26H34ClN3O3/c27-23-17-22(18-24-26(23)33-16-6-15-32-24)19-25(31)28-9-4-5-10-29-11-13-30(14-12-29)20-21-7-2-1-3-8-21/h1-3,7-8,17-18H,4-6,9-16,19-20H2,(H,28,31). The second-order valence-corrected chi connectivity index (χ2v) is 9.20. The van der Waals surface area contributed by atoms with Crippen LogP contribution >= 0.6 is 11.6 Å². The van der Waals surface area contributed by atoms with Crippen molar-refractivity contribution < 1.29 is 14.3 Å². The molecule has 2 aromatic rings. The number of rotatable bonds is 9. The van der Waals surface area contributed by atoms with E-state index in [0.717, 1.165) is 64.1 Å². The minimum Gasteiger partial charge on any atom is -0.489 e. The molecule has 1 fully saturated rings. The molecule has 2 aliphatic heterocycles. The van der Waals surface area contributed by atoms with E-state index >= 15 is 0 Å². The first-order chi connectivity index (χ1) is 16.2. The summed E-state index contributed by atoms with van der Waals surface area (Å²) in [5, 5.41) is 3.54. The van der Waals surface area contributed by atoms with Crippen molar-refractivity contribution >= 4 is 17.5 Å². The summed E-state index contributed by atoms with van der Waals surface area (Å²) in [5.74, 6) is 1.22. The first-order valence-electron chi connectivity index (χ1n) is 12.0. The summed E-state index contributed by atoms with van der Waals surface area (Å²) in [6.07, 6.45) is 3.19. The van der Waals surface area contributed by atoms with Gasteiger partial charge in [-0.3, -0.25) is 9.69 Å². The number of unbranched alkanes of at least 4 members (excludes halogenated alkanes) is 1. The molecular weight excluding hydrogens is 438 g/mol. The second kappa shape index (κ2) is 12.3. The molecule has 1 N–H and O–H groups in total. The van der Waals surface area contributed by atoms with Gasteiger partial charge in [0, 0.05) is 45.7 Å². The quantitative estimate of drug-likeness (QED) is 0.564. The van der Waals surface area contributed by atoms with Crippen molar-refractivity contribution in [1.82, 2.24) is 15.1 Å². The van der Waals surface area contributed by atoms with Crippen molar-refractivity contribution in [3.05, 3.63) is 58.6 Å². The van der Waals surface area contributed by atoms with Crippen LogP contribution < -0.4 is 14.8 Å². The largest absolute Gasteiger partial charge is 0.489 e. The van der Waals surface area contributed by atoms with Crippen LogP contribution in [0.1, 0.15) is 30.4 Å². The van der Waals surface area contributed by atoms with Crippen molar-refractivity contribution in [3.8, 4) is 11.5 Å². The number of benzene rings is 2. The van der Waals surface area contributed by atoms with Gasteiger partial charge < -0.3 is 19.7 Å². The number of hydrogen-bond acceptors (Lipinski definition) is 5. The van der Waals surface area contributed by atoms with E-state index in [2.05, 4.69) is 45.4 Å². The van der Waals surface area contributed by atoms with E-state index in [1.54, 1.807) is 6.07 Å². The summed E-state index contributed by atoms with van der Waals surface area (Å²) < 4.78 is 11.4. The Balaban J connectivity index is 1.10. The van der Waals surface area contributed by atoms with E-state index in [1.165, 1.54) is 5.56 Å². The molecule has 0 unspecified atom stereocenters.